The molecule has 0 unspecified atom stereocenters. The predicted molar refractivity (Wildman–Crippen MR) is 32.2 cm³/mol. The average molecular weight is 133 g/mol. The van der Waals surface area contributed by atoms with Gasteiger partial charge >= 0.3 is 0 Å². The minimum absolute atomic E-state index is 0.409. The molecule has 8 heavy (non-hydrogen) atoms. The van der Waals surface area contributed by atoms with Crippen molar-refractivity contribution in [3.05, 3.63) is 0 Å². The molecule has 3 N–H and O–H groups in total. The van der Waals surface area contributed by atoms with E-state index >= 15 is 0 Å². The molecule has 0 aromatic rings. The Morgan fingerprint density at radius 3 is 2.38 bits per heavy atom. The Hall–Kier alpha value is -0.390. The molecule has 1 rings (SSSR count). The lowest BCUT2D eigenvalue weighted by Crippen LogP contribution is -2.52. The zero-order valence-corrected chi connectivity index (χ0v) is 5.03. The van der Waals surface area contributed by atoms with Crippen LogP contribution in [0.5, 0.6) is 0 Å². The van der Waals surface area contributed by atoms with Gasteiger partial charge in [-0.15, -0.1) is 0 Å². The Balaban J connectivity index is 2.29. The van der Waals surface area contributed by atoms with Crippen LogP contribution in [0.25, 0.3) is 0 Å². The molecule has 0 amide bonds. The maximum atomic E-state index is 8.68. The molecule has 0 bridgehead atoms. The lowest BCUT2D eigenvalue weighted by molar-refractivity contribution is -0.101. The molecule has 0 aliphatic carbocycles. The quantitative estimate of drug-likeness (QED) is 0.373. The van der Waals surface area contributed by atoms with E-state index in [1.54, 1.807) is 0 Å². The second-order valence-electron chi connectivity index (χ2n) is 1.51. The minimum atomic E-state index is 0.409. The monoisotopic (exact) mass is 133 g/mol. The van der Waals surface area contributed by atoms with Crippen LogP contribution in [0.1, 0.15) is 0 Å². The zero-order chi connectivity index (χ0) is 5.98. The summed E-state index contributed by atoms with van der Waals surface area (Å²) >= 11 is 4.70. The molecule has 0 aromatic heterocycles. The molecule has 1 fully saturated rings. The van der Waals surface area contributed by atoms with Crippen molar-refractivity contribution in [2.24, 2.45) is 0 Å². The molecule has 1 heterocycles. The van der Waals surface area contributed by atoms with E-state index in [4.69, 9.17) is 17.4 Å². The Kier molecular flexibility index (Phi) is 1.62. The van der Waals surface area contributed by atoms with E-state index in [1.807, 2.05) is 0 Å². The lowest BCUT2D eigenvalue weighted by atomic mass is 10.8. The van der Waals surface area contributed by atoms with Gasteiger partial charge in [-0.2, -0.15) is 5.06 Å². The average Bonchev–Trinajstić information content (AvgIpc) is 1.77. The Morgan fingerprint density at radius 2 is 2.00 bits per heavy atom. The van der Waals surface area contributed by atoms with Crippen LogP contribution in [0.4, 0.5) is 0 Å². The fourth-order valence-electron chi connectivity index (χ4n) is 0.445. The van der Waals surface area contributed by atoms with Gasteiger partial charge in [0.1, 0.15) is 0 Å². The first-order chi connectivity index (χ1) is 3.79. The van der Waals surface area contributed by atoms with Crippen LogP contribution < -0.4 is 10.6 Å². The lowest BCUT2D eigenvalue weighted by Gasteiger charge is -2.23. The predicted octanol–water partition coefficient (Wildman–Crippen LogP) is -0.930. The maximum absolute atomic E-state index is 8.68. The molecule has 1 saturated heterocycles. The molecule has 0 aromatic carbocycles. The SMILES string of the molecule is ON1CNC(=S)NC1. The normalized spacial score (nSPS) is 21.9. The number of hydrogen-bond donors (Lipinski definition) is 3. The first kappa shape index (κ1) is 5.74. The van der Waals surface area contributed by atoms with Crippen molar-refractivity contribution in [3.8, 4) is 0 Å². The van der Waals surface area contributed by atoms with Gasteiger partial charge in [-0.25, -0.2) is 0 Å². The molecular formula is C3H7N3OS. The minimum Gasteiger partial charge on any atom is -0.348 e. The van der Waals surface area contributed by atoms with E-state index in [1.165, 1.54) is 0 Å². The Bertz CT molecular complexity index is 96.7. The molecule has 0 saturated carbocycles. The first-order valence-corrected chi connectivity index (χ1v) is 2.65. The van der Waals surface area contributed by atoms with E-state index in [0.29, 0.717) is 18.4 Å². The van der Waals surface area contributed by atoms with Gasteiger partial charge in [0, 0.05) is 0 Å². The largest absolute Gasteiger partial charge is 0.348 e. The second kappa shape index (κ2) is 2.25. The summed E-state index contributed by atoms with van der Waals surface area (Å²) in [6, 6.07) is 0. The molecule has 1 aliphatic heterocycles. The maximum Gasteiger partial charge on any atom is 0.168 e. The van der Waals surface area contributed by atoms with Crippen molar-refractivity contribution in [1.29, 1.82) is 0 Å². The summed E-state index contributed by atoms with van der Waals surface area (Å²) in [6.07, 6.45) is 0. The summed E-state index contributed by atoms with van der Waals surface area (Å²) < 4.78 is 0. The highest BCUT2D eigenvalue weighted by atomic mass is 32.1. The van der Waals surface area contributed by atoms with Gasteiger partial charge in [-0.05, 0) is 12.2 Å². The molecule has 4 nitrogen and oxygen atoms in total. The van der Waals surface area contributed by atoms with Crippen molar-refractivity contribution in [1.82, 2.24) is 15.7 Å². The smallest absolute Gasteiger partial charge is 0.168 e. The third-order valence-corrected chi connectivity index (χ3v) is 1.13. The molecule has 0 atom stereocenters. The van der Waals surface area contributed by atoms with Crippen molar-refractivity contribution < 1.29 is 5.21 Å². The van der Waals surface area contributed by atoms with E-state index < -0.39 is 0 Å². The van der Waals surface area contributed by atoms with Gasteiger partial charge < -0.3 is 15.8 Å². The number of hydrogen-bond acceptors (Lipinski definition) is 3. The van der Waals surface area contributed by atoms with E-state index in [0.717, 1.165) is 5.06 Å². The second-order valence-corrected chi connectivity index (χ2v) is 1.91. The van der Waals surface area contributed by atoms with Gasteiger partial charge in [0.15, 0.2) is 5.11 Å². The summed E-state index contributed by atoms with van der Waals surface area (Å²) in [5.74, 6) is 0. The highest BCUT2D eigenvalue weighted by Crippen LogP contribution is 1.80. The fraction of sp³-hybridized carbons (Fsp3) is 0.667. The number of thiocarbonyl (C=S) groups is 1. The van der Waals surface area contributed by atoms with Crippen LogP contribution in [-0.2, 0) is 0 Å². The summed E-state index contributed by atoms with van der Waals surface area (Å²) in [4.78, 5) is 0. The van der Waals surface area contributed by atoms with Crippen LogP contribution in [0.15, 0.2) is 0 Å². The third-order valence-electron chi connectivity index (χ3n) is 0.844. The summed E-state index contributed by atoms with van der Waals surface area (Å²) in [5, 5.41) is 15.8. The van der Waals surface area contributed by atoms with E-state index in [-0.39, 0.29) is 0 Å². The topological polar surface area (TPSA) is 47.5 Å². The summed E-state index contributed by atoms with van der Waals surface area (Å²) in [6.45, 7) is 0.817. The molecular weight excluding hydrogens is 126 g/mol. The molecule has 0 spiro atoms. The first-order valence-electron chi connectivity index (χ1n) is 2.24. The molecule has 5 heteroatoms. The van der Waals surface area contributed by atoms with Crippen LogP contribution in [0.3, 0.4) is 0 Å². The van der Waals surface area contributed by atoms with Gasteiger partial charge in [0.2, 0.25) is 0 Å². The molecule has 1 aliphatic rings. The van der Waals surface area contributed by atoms with Gasteiger partial charge in [-0.3, -0.25) is 0 Å². The van der Waals surface area contributed by atoms with Crippen LogP contribution in [-0.4, -0.2) is 28.7 Å². The molecule has 46 valence electrons. The van der Waals surface area contributed by atoms with Crippen LogP contribution in [0.2, 0.25) is 0 Å². The standard InChI is InChI=1S/C3H7N3OS/c7-6-1-4-3(8)5-2-6/h7H,1-2H2,(H2,4,5,8). The number of rotatable bonds is 0. The number of nitrogens with zero attached hydrogens (tertiary/aromatic N) is 1. The fourth-order valence-corrected chi connectivity index (χ4v) is 0.574. The van der Waals surface area contributed by atoms with Gasteiger partial charge in [0.05, 0.1) is 13.3 Å². The number of nitrogens with one attached hydrogen (secondary N) is 2. The van der Waals surface area contributed by atoms with E-state index in [2.05, 4.69) is 10.6 Å². The summed E-state index contributed by atoms with van der Waals surface area (Å²) in [5.41, 5.74) is 0. The van der Waals surface area contributed by atoms with Crippen LogP contribution >= 0.6 is 12.2 Å². The van der Waals surface area contributed by atoms with Crippen LogP contribution in [0, 0.1) is 0 Å². The zero-order valence-electron chi connectivity index (χ0n) is 4.22. The van der Waals surface area contributed by atoms with Crippen molar-refractivity contribution >= 4 is 17.3 Å². The Labute approximate surface area is 52.4 Å². The van der Waals surface area contributed by atoms with Crippen molar-refractivity contribution in [2.75, 3.05) is 13.3 Å². The van der Waals surface area contributed by atoms with Gasteiger partial charge in [-0.1, -0.05) is 0 Å². The molecule has 0 radical (unpaired) electrons. The third kappa shape index (κ3) is 1.29. The van der Waals surface area contributed by atoms with Crippen molar-refractivity contribution in [2.45, 2.75) is 0 Å². The Morgan fingerprint density at radius 1 is 1.50 bits per heavy atom. The summed E-state index contributed by atoms with van der Waals surface area (Å²) in [7, 11) is 0. The number of hydroxylamine groups is 2. The van der Waals surface area contributed by atoms with E-state index in [9.17, 15) is 0 Å². The highest BCUT2D eigenvalue weighted by molar-refractivity contribution is 7.80. The van der Waals surface area contributed by atoms with Gasteiger partial charge in [0.25, 0.3) is 0 Å². The van der Waals surface area contributed by atoms with Crippen molar-refractivity contribution in [3.63, 3.8) is 0 Å². The highest BCUT2D eigenvalue weighted by Gasteiger charge is 2.06.